The van der Waals surface area contributed by atoms with Crippen molar-refractivity contribution in [3.63, 3.8) is 0 Å². The van der Waals surface area contributed by atoms with Gasteiger partial charge in [-0.25, -0.2) is 0 Å². The van der Waals surface area contributed by atoms with Crippen LogP contribution in [0.25, 0.3) is 0 Å². The van der Waals surface area contributed by atoms with Crippen LogP contribution in [-0.2, 0) is 11.3 Å². The van der Waals surface area contributed by atoms with Crippen molar-refractivity contribution >= 4 is 27.3 Å². The van der Waals surface area contributed by atoms with Crippen LogP contribution in [0.15, 0.2) is 15.2 Å². The third kappa shape index (κ3) is 3.76. The molecule has 0 spiro atoms. The molecule has 0 radical (unpaired) electrons. The van der Waals surface area contributed by atoms with E-state index in [-0.39, 0.29) is 0 Å². The summed E-state index contributed by atoms with van der Waals surface area (Å²) >= 11 is 5.25. The highest BCUT2D eigenvalue weighted by Gasteiger charge is 2.27. The first kappa shape index (κ1) is 13.5. The highest BCUT2D eigenvalue weighted by atomic mass is 79.9. The Bertz CT molecular complexity index is 358. The lowest BCUT2D eigenvalue weighted by Crippen LogP contribution is -2.38. The fourth-order valence-electron chi connectivity index (χ4n) is 2.30. The lowest BCUT2D eigenvalue weighted by Gasteiger charge is -2.23. The second-order valence-electron chi connectivity index (χ2n) is 4.65. The van der Waals surface area contributed by atoms with E-state index in [0.29, 0.717) is 12.0 Å². The van der Waals surface area contributed by atoms with Crippen molar-refractivity contribution < 1.29 is 4.74 Å². The molecule has 2 atom stereocenters. The number of nitrogens with one attached hydrogen (secondary N) is 1. The summed E-state index contributed by atoms with van der Waals surface area (Å²) in [4.78, 5) is 2.37. The van der Waals surface area contributed by atoms with Gasteiger partial charge in [0.05, 0.1) is 17.0 Å². The van der Waals surface area contributed by atoms with Crippen LogP contribution < -0.4 is 5.32 Å². The van der Waals surface area contributed by atoms with Crippen LogP contribution in [-0.4, -0.2) is 44.8 Å². The van der Waals surface area contributed by atoms with Gasteiger partial charge >= 0.3 is 0 Å². The maximum Gasteiger partial charge on any atom is 0.0701 e. The van der Waals surface area contributed by atoms with E-state index in [9.17, 15) is 0 Å². The monoisotopic (exact) mass is 318 g/mol. The smallest absolute Gasteiger partial charge is 0.0701 e. The SMILES string of the molecule is CNC1COCC1CN(C)Cc1csc(Br)c1. The average molecular weight is 319 g/mol. The lowest BCUT2D eigenvalue weighted by atomic mass is 10.0. The largest absolute Gasteiger partial charge is 0.379 e. The van der Waals surface area contributed by atoms with Crippen LogP contribution >= 0.6 is 27.3 Å². The lowest BCUT2D eigenvalue weighted by molar-refractivity contribution is 0.172. The molecule has 5 heteroatoms. The summed E-state index contributed by atoms with van der Waals surface area (Å²) in [5.74, 6) is 0.604. The van der Waals surface area contributed by atoms with Crippen molar-refractivity contribution in [2.45, 2.75) is 12.6 Å². The van der Waals surface area contributed by atoms with Gasteiger partial charge in [0.25, 0.3) is 0 Å². The second kappa shape index (κ2) is 6.29. The van der Waals surface area contributed by atoms with E-state index in [2.05, 4.69) is 44.6 Å². The van der Waals surface area contributed by atoms with Crippen molar-refractivity contribution in [3.8, 4) is 0 Å². The first-order valence-electron chi connectivity index (χ1n) is 5.85. The number of nitrogens with zero attached hydrogens (tertiary/aromatic N) is 1. The van der Waals surface area contributed by atoms with E-state index in [0.717, 1.165) is 26.3 Å². The zero-order valence-corrected chi connectivity index (χ0v) is 12.7. The number of hydrogen-bond acceptors (Lipinski definition) is 4. The van der Waals surface area contributed by atoms with Crippen LogP contribution in [0.2, 0.25) is 0 Å². The van der Waals surface area contributed by atoms with Crippen molar-refractivity contribution in [2.75, 3.05) is 33.9 Å². The zero-order chi connectivity index (χ0) is 12.3. The Morgan fingerprint density at radius 2 is 2.41 bits per heavy atom. The van der Waals surface area contributed by atoms with Gasteiger partial charge in [-0.05, 0) is 47.0 Å². The van der Waals surface area contributed by atoms with Crippen molar-refractivity contribution in [1.82, 2.24) is 10.2 Å². The summed E-state index contributed by atoms with van der Waals surface area (Å²) in [6, 6.07) is 2.70. The van der Waals surface area contributed by atoms with Gasteiger partial charge in [0, 0.05) is 25.0 Å². The molecule has 1 aromatic heterocycles. The van der Waals surface area contributed by atoms with Crippen molar-refractivity contribution in [3.05, 3.63) is 20.8 Å². The van der Waals surface area contributed by atoms with Crippen molar-refractivity contribution in [1.29, 1.82) is 0 Å². The van der Waals surface area contributed by atoms with Gasteiger partial charge in [-0.3, -0.25) is 0 Å². The van der Waals surface area contributed by atoms with Gasteiger partial charge in [-0.15, -0.1) is 11.3 Å². The molecule has 2 rings (SSSR count). The molecule has 0 amide bonds. The third-order valence-electron chi connectivity index (χ3n) is 3.19. The summed E-state index contributed by atoms with van der Waals surface area (Å²) < 4.78 is 6.73. The standard InChI is InChI=1S/C12H19BrN2OS/c1-14-11-7-16-6-10(11)5-15(2)4-9-3-12(13)17-8-9/h3,8,10-11,14H,4-7H2,1-2H3. The molecular formula is C12H19BrN2OS. The first-order valence-corrected chi connectivity index (χ1v) is 7.52. The van der Waals surface area contributed by atoms with Gasteiger partial charge < -0.3 is 15.0 Å². The molecule has 1 aliphatic heterocycles. The van der Waals surface area contributed by atoms with Crippen LogP contribution in [0, 0.1) is 5.92 Å². The van der Waals surface area contributed by atoms with Crippen LogP contribution in [0.4, 0.5) is 0 Å². The van der Waals surface area contributed by atoms with Gasteiger partial charge in [0.15, 0.2) is 0 Å². The molecule has 0 saturated carbocycles. The Hall–Kier alpha value is 0.0600. The summed E-state index contributed by atoms with van der Waals surface area (Å²) in [6.45, 7) is 3.82. The molecule has 17 heavy (non-hydrogen) atoms. The number of hydrogen-bond donors (Lipinski definition) is 1. The first-order chi connectivity index (χ1) is 8.19. The normalized spacial score (nSPS) is 24.7. The Kier molecular flexibility index (Phi) is 4.99. The van der Waals surface area contributed by atoms with E-state index in [4.69, 9.17) is 4.74 Å². The molecule has 0 bridgehead atoms. The Morgan fingerprint density at radius 1 is 1.59 bits per heavy atom. The average Bonchev–Trinajstić information content (AvgIpc) is 2.87. The number of ether oxygens (including phenoxy) is 1. The predicted molar refractivity (Wildman–Crippen MR) is 75.5 cm³/mol. The summed E-state index contributed by atoms with van der Waals surface area (Å²) in [5.41, 5.74) is 1.38. The second-order valence-corrected chi connectivity index (χ2v) is 6.94. The minimum absolute atomic E-state index is 0.506. The molecule has 1 aromatic rings. The number of thiophene rings is 1. The fraction of sp³-hybridized carbons (Fsp3) is 0.667. The van der Waals surface area contributed by atoms with E-state index in [1.54, 1.807) is 11.3 Å². The molecule has 1 saturated heterocycles. The summed E-state index contributed by atoms with van der Waals surface area (Å²) in [7, 11) is 4.19. The summed E-state index contributed by atoms with van der Waals surface area (Å²) in [6.07, 6.45) is 0. The minimum atomic E-state index is 0.506. The predicted octanol–water partition coefficient (Wildman–Crippen LogP) is 2.18. The molecule has 2 heterocycles. The topological polar surface area (TPSA) is 24.5 Å². The molecule has 3 nitrogen and oxygen atoms in total. The Morgan fingerprint density at radius 3 is 3.06 bits per heavy atom. The Balaban J connectivity index is 1.82. The van der Waals surface area contributed by atoms with Crippen molar-refractivity contribution in [2.24, 2.45) is 5.92 Å². The molecule has 96 valence electrons. The molecule has 0 aromatic carbocycles. The third-order valence-corrected chi connectivity index (χ3v) is 4.74. The van der Waals surface area contributed by atoms with E-state index in [1.165, 1.54) is 9.35 Å². The molecule has 1 aliphatic rings. The van der Waals surface area contributed by atoms with Gasteiger partial charge in [-0.2, -0.15) is 0 Å². The minimum Gasteiger partial charge on any atom is -0.379 e. The van der Waals surface area contributed by atoms with Crippen LogP contribution in [0.5, 0.6) is 0 Å². The van der Waals surface area contributed by atoms with E-state index < -0.39 is 0 Å². The fourth-order valence-corrected chi connectivity index (χ4v) is 3.50. The van der Waals surface area contributed by atoms with Crippen LogP contribution in [0.3, 0.4) is 0 Å². The van der Waals surface area contributed by atoms with E-state index in [1.807, 2.05) is 7.05 Å². The zero-order valence-electron chi connectivity index (χ0n) is 10.3. The highest BCUT2D eigenvalue weighted by Crippen LogP contribution is 2.22. The number of likely N-dealkylation sites (N-methyl/N-ethyl adjacent to an activating group) is 1. The summed E-state index contributed by atoms with van der Waals surface area (Å²) in [5, 5.41) is 5.54. The number of halogens is 1. The molecular weight excluding hydrogens is 300 g/mol. The molecule has 1 fully saturated rings. The van der Waals surface area contributed by atoms with Gasteiger partial charge in [0.1, 0.15) is 0 Å². The quantitative estimate of drug-likeness (QED) is 0.900. The molecule has 1 N–H and O–H groups in total. The Labute approximate surface area is 115 Å². The van der Waals surface area contributed by atoms with Gasteiger partial charge in [0.2, 0.25) is 0 Å². The molecule has 0 aliphatic carbocycles. The number of rotatable bonds is 5. The van der Waals surface area contributed by atoms with E-state index >= 15 is 0 Å². The maximum absolute atomic E-state index is 5.52. The van der Waals surface area contributed by atoms with Crippen LogP contribution in [0.1, 0.15) is 5.56 Å². The van der Waals surface area contributed by atoms with Gasteiger partial charge in [-0.1, -0.05) is 0 Å². The highest BCUT2D eigenvalue weighted by molar-refractivity contribution is 9.11. The maximum atomic E-state index is 5.52. The molecule has 2 unspecified atom stereocenters.